The van der Waals surface area contributed by atoms with Gasteiger partial charge in [-0.05, 0) is 29.8 Å². The van der Waals surface area contributed by atoms with Crippen LogP contribution in [0.2, 0.25) is 0 Å². The van der Waals surface area contributed by atoms with E-state index in [1.165, 1.54) is 0 Å². The zero-order chi connectivity index (χ0) is 23.5. The van der Waals surface area contributed by atoms with E-state index in [0.717, 1.165) is 11.3 Å². The summed E-state index contributed by atoms with van der Waals surface area (Å²) in [5.74, 6) is 1.03. The molecule has 1 N–H and O–H groups in total. The van der Waals surface area contributed by atoms with Crippen molar-refractivity contribution in [2.45, 2.75) is 18.6 Å². The fourth-order valence-electron chi connectivity index (χ4n) is 4.53. The Labute approximate surface area is 198 Å². The first-order valence-electron chi connectivity index (χ1n) is 11.2. The minimum Gasteiger partial charge on any atom is -0.497 e. The van der Waals surface area contributed by atoms with Gasteiger partial charge in [0.05, 0.1) is 25.8 Å². The van der Waals surface area contributed by atoms with Gasteiger partial charge in [0.25, 0.3) is 5.91 Å². The summed E-state index contributed by atoms with van der Waals surface area (Å²) in [4.78, 5) is 33.9. The van der Waals surface area contributed by atoms with Crippen molar-refractivity contribution in [3.63, 3.8) is 0 Å². The molecule has 1 aromatic heterocycles. The summed E-state index contributed by atoms with van der Waals surface area (Å²) in [5, 5.41) is 3.22. The first-order valence-corrected chi connectivity index (χ1v) is 11.2. The molecule has 3 heterocycles. The topological polar surface area (TPSA) is 84.0 Å². The van der Waals surface area contributed by atoms with E-state index in [4.69, 9.17) is 9.47 Å². The van der Waals surface area contributed by atoms with Gasteiger partial charge in [-0.3, -0.25) is 9.69 Å². The third-order valence-corrected chi connectivity index (χ3v) is 6.23. The van der Waals surface area contributed by atoms with E-state index in [0.29, 0.717) is 49.7 Å². The van der Waals surface area contributed by atoms with Crippen LogP contribution in [0.5, 0.6) is 5.75 Å². The molecule has 0 aliphatic carbocycles. The van der Waals surface area contributed by atoms with Gasteiger partial charge in [0, 0.05) is 37.5 Å². The molecule has 5 rings (SSSR count). The van der Waals surface area contributed by atoms with Gasteiger partial charge in [-0.15, -0.1) is 0 Å². The summed E-state index contributed by atoms with van der Waals surface area (Å²) < 4.78 is 11.1. The van der Waals surface area contributed by atoms with Crippen LogP contribution < -0.4 is 10.1 Å². The summed E-state index contributed by atoms with van der Waals surface area (Å²) in [6.07, 6.45) is 1.92. The van der Waals surface area contributed by atoms with Crippen molar-refractivity contribution in [1.29, 1.82) is 0 Å². The molecule has 2 saturated heterocycles. The number of likely N-dealkylation sites (tertiary alicyclic amines) is 1. The van der Waals surface area contributed by atoms with E-state index in [1.54, 1.807) is 35.2 Å². The summed E-state index contributed by atoms with van der Waals surface area (Å²) in [6.45, 7) is 1.83. The molecule has 0 bridgehead atoms. The van der Waals surface area contributed by atoms with Crippen LogP contribution in [0, 0.1) is 0 Å². The predicted octanol–water partition coefficient (Wildman–Crippen LogP) is 4.07. The minimum absolute atomic E-state index is 0.145. The molecule has 0 unspecified atom stereocenters. The summed E-state index contributed by atoms with van der Waals surface area (Å²) in [5.41, 5.74) is 1.61. The third kappa shape index (κ3) is 4.39. The molecular formula is C26H26N4O4. The maximum Gasteiger partial charge on any atom is 0.410 e. The van der Waals surface area contributed by atoms with Crippen molar-refractivity contribution in [2.24, 2.45) is 0 Å². The molecule has 0 saturated carbocycles. The maximum absolute atomic E-state index is 13.4. The molecule has 34 heavy (non-hydrogen) atoms. The highest BCUT2D eigenvalue weighted by molar-refractivity contribution is 5.99. The Balaban J connectivity index is 1.29. The van der Waals surface area contributed by atoms with Crippen molar-refractivity contribution >= 4 is 23.5 Å². The fraction of sp³-hybridized carbons (Fsp3) is 0.269. The largest absolute Gasteiger partial charge is 0.497 e. The highest BCUT2D eigenvalue weighted by atomic mass is 16.6. The van der Waals surface area contributed by atoms with Crippen LogP contribution in [0.1, 0.15) is 22.3 Å². The Bertz CT molecular complexity index is 1200. The number of ether oxygens (including phenoxy) is 2. The van der Waals surface area contributed by atoms with Crippen LogP contribution in [-0.4, -0.2) is 59.1 Å². The lowest BCUT2D eigenvalue weighted by atomic mass is 10.0. The highest BCUT2D eigenvalue weighted by Crippen LogP contribution is 2.34. The molecule has 8 nitrogen and oxygen atoms in total. The van der Waals surface area contributed by atoms with Crippen molar-refractivity contribution < 1.29 is 19.1 Å². The summed E-state index contributed by atoms with van der Waals surface area (Å²) in [6, 6.07) is 20.8. The number of hydrogen-bond acceptors (Lipinski definition) is 6. The Morgan fingerprint density at radius 2 is 1.97 bits per heavy atom. The number of benzene rings is 2. The molecule has 3 aromatic rings. The van der Waals surface area contributed by atoms with Crippen molar-refractivity contribution in [3.8, 4) is 5.75 Å². The molecule has 2 fully saturated rings. The van der Waals surface area contributed by atoms with E-state index < -0.39 is 5.60 Å². The second-order valence-electron chi connectivity index (χ2n) is 8.63. The van der Waals surface area contributed by atoms with Crippen LogP contribution in [0.4, 0.5) is 16.3 Å². The number of nitrogens with one attached hydrogen (secondary N) is 1. The average molecular weight is 459 g/mol. The van der Waals surface area contributed by atoms with Gasteiger partial charge in [0.1, 0.15) is 11.6 Å². The number of rotatable bonds is 6. The fourth-order valence-corrected chi connectivity index (χ4v) is 4.53. The number of anilines is 2. The second kappa shape index (κ2) is 9.05. The van der Waals surface area contributed by atoms with Crippen LogP contribution in [0.15, 0.2) is 72.9 Å². The normalized spacial score (nSPS) is 19.4. The van der Waals surface area contributed by atoms with E-state index in [9.17, 15) is 9.59 Å². The Hall–Kier alpha value is -4.07. The standard InChI is InChI=1S/C26H26N4O4/c1-33-21-10-5-9-20(15-21)28-23-22(11-6-13-27-23)24(31)29-14-12-26(17-29)18-30(25(32)34-26)16-19-7-3-2-4-8-19/h2-11,13,15H,12,14,16-18H2,1H3,(H,27,28)/t26-/m0/s1. The van der Waals surface area contributed by atoms with Gasteiger partial charge in [0.2, 0.25) is 0 Å². The average Bonchev–Trinajstić information content (AvgIpc) is 3.41. The van der Waals surface area contributed by atoms with Crippen LogP contribution >= 0.6 is 0 Å². The zero-order valence-corrected chi connectivity index (χ0v) is 18.9. The number of methoxy groups -OCH3 is 1. The first-order chi connectivity index (χ1) is 16.5. The van der Waals surface area contributed by atoms with Gasteiger partial charge in [-0.2, -0.15) is 0 Å². The number of carbonyl (C=O) groups excluding carboxylic acids is 2. The van der Waals surface area contributed by atoms with Crippen LogP contribution in [0.3, 0.4) is 0 Å². The molecule has 0 radical (unpaired) electrons. The molecule has 8 heteroatoms. The molecular weight excluding hydrogens is 432 g/mol. The summed E-state index contributed by atoms with van der Waals surface area (Å²) in [7, 11) is 1.61. The van der Waals surface area contributed by atoms with Crippen LogP contribution in [-0.2, 0) is 11.3 Å². The summed E-state index contributed by atoms with van der Waals surface area (Å²) >= 11 is 0. The Morgan fingerprint density at radius 1 is 1.12 bits per heavy atom. The van der Waals surface area contributed by atoms with Gasteiger partial charge in [-0.25, -0.2) is 9.78 Å². The Morgan fingerprint density at radius 3 is 2.79 bits per heavy atom. The minimum atomic E-state index is -0.676. The van der Waals surface area contributed by atoms with E-state index in [-0.39, 0.29) is 12.0 Å². The third-order valence-electron chi connectivity index (χ3n) is 6.23. The van der Waals surface area contributed by atoms with Gasteiger partial charge >= 0.3 is 6.09 Å². The Kier molecular flexibility index (Phi) is 5.79. The molecule has 1 spiro atoms. The number of carbonyl (C=O) groups is 2. The van der Waals surface area contributed by atoms with E-state index in [2.05, 4.69) is 10.3 Å². The molecule has 174 valence electrons. The quantitative estimate of drug-likeness (QED) is 0.600. The lowest BCUT2D eigenvalue weighted by molar-refractivity contribution is 0.0553. The molecule has 2 amide bonds. The van der Waals surface area contributed by atoms with Gasteiger partial charge in [0.15, 0.2) is 5.60 Å². The van der Waals surface area contributed by atoms with Gasteiger partial charge in [-0.1, -0.05) is 36.4 Å². The van der Waals surface area contributed by atoms with E-state index >= 15 is 0 Å². The van der Waals surface area contributed by atoms with Crippen LogP contribution in [0.25, 0.3) is 0 Å². The predicted molar refractivity (Wildman–Crippen MR) is 127 cm³/mol. The first kappa shape index (κ1) is 21.8. The maximum atomic E-state index is 13.4. The number of aromatic nitrogens is 1. The van der Waals surface area contributed by atoms with Crippen molar-refractivity contribution in [3.05, 3.63) is 84.1 Å². The molecule has 1 atom stereocenters. The number of nitrogens with zero attached hydrogens (tertiary/aromatic N) is 3. The van der Waals surface area contributed by atoms with Crippen molar-refractivity contribution in [1.82, 2.24) is 14.8 Å². The lowest BCUT2D eigenvalue weighted by Gasteiger charge is -2.23. The molecule has 2 aliphatic heterocycles. The SMILES string of the molecule is COc1cccc(Nc2ncccc2C(=O)N2CC[C@@]3(CN(Cc4ccccc4)C(=O)O3)C2)c1. The number of hydrogen-bond donors (Lipinski definition) is 1. The van der Waals surface area contributed by atoms with E-state index in [1.807, 2.05) is 54.6 Å². The van der Waals surface area contributed by atoms with Gasteiger partial charge < -0.3 is 19.7 Å². The molecule has 2 aromatic carbocycles. The number of amides is 2. The smallest absolute Gasteiger partial charge is 0.410 e. The number of pyridine rings is 1. The zero-order valence-electron chi connectivity index (χ0n) is 18.9. The second-order valence-corrected chi connectivity index (χ2v) is 8.63. The molecule has 2 aliphatic rings. The monoisotopic (exact) mass is 458 g/mol. The highest BCUT2D eigenvalue weighted by Gasteiger charge is 2.50. The lowest BCUT2D eigenvalue weighted by Crippen LogP contribution is -2.39. The van der Waals surface area contributed by atoms with Crippen molar-refractivity contribution in [2.75, 3.05) is 32.1 Å².